The largest absolute Gasteiger partial charge is 0.497 e. The Hall–Kier alpha value is -4.16. The van der Waals surface area contributed by atoms with Gasteiger partial charge in [-0.1, -0.05) is 127 Å². The Morgan fingerprint density at radius 3 is 1.76 bits per heavy atom. The number of nitriles is 1. The maximum Gasteiger partial charge on any atom is 0.259 e. The molecule has 0 aliphatic carbocycles. The zero-order chi connectivity index (χ0) is 52.4. The highest BCUT2D eigenvalue weighted by atomic mass is 31.2. The van der Waals surface area contributed by atoms with Gasteiger partial charge in [0.2, 0.25) is 0 Å². The van der Waals surface area contributed by atoms with Crippen LogP contribution in [0.2, 0.25) is 0 Å². The van der Waals surface area contributed by atoms with Crippen LogP contribution in [-0.4, -0.2) is 62.5 Å². The molecule has 0 saturated carbocycles. The summed E-state index contributed by atoms with van der Waals surface area (Å²) in [7, 11) is 1.70. The van der Waals surface area contributed by atoms with E-state index in [0.717, 1.165) is 93.4 Å². The Kier molecular flexibility index (Phi) is 23.2. The second kappa shape index (κ2) is 28.5. The van der Waals surface area contributed by atoms with E-state index >= 15 is 0 Å². The molecule has 4 aromatic rings. The minimum Gasteiger partial charge on any atom is -0.497 e. The number of fused-ring (bicyclic) bond motifs is 1. The Morgan fingerprint density at radius 1 is 0.694 bits per heavy atom. The topological polar surface area (TPSA) is 91.6 Å². The maximum absolute atomic E-state index is 9.56. The normalized spacial score (nSPS) is 16.6. The first-order valence-electron chi connectivity index (χ1n) is 27.1. The summed E-state index contributed by atoms with van der Waals surface area (Å²) in [6.45, 7) is 27.5. The first-order valence-corrected chi connectivity index (χ1v) is 28.3. The van der Waals surface area contributed by atoms with Gasteiger partial charge >= 0.3 is 0 Å². The summed E-state index contributed by atoms with van der Waals surface area (Å²) in [4.78, 5) is 0. The van der Waals surface area contributed by atoms with Crippen LogP contribution in [0.15, 0.2) is 78.9 Å². The zero-order valence-electron chi connectivity index (χ0n) is 46.8. The lowest BCUT2D eigenvalue weighted by Gasteiger charge is -2.40. The molecule has 0 bridgehead atoms. The van der Waals surface area contributed by atoms with Gasteiger partial charge in [-0.2, -0.15) is 5.26 Å². The minimum atomic E-state index is -1.65. The Morgan fingerprint density at radius 2 is 1.24 bits per heavy atom. The summed E-state index contributed by atoms with van der Waals surface area (Å²) in [5, 5.41) is 9.56. The Balaban J connectivity index is 1.43. The third-order valence-electron chi connectivity index (χ3n) is 14.8. The van der Waals surface area contributed by atoms with Gasteiger partial charge in [0.05, 0.1) is 39.9 Å². The smallest absolute Gasteiger partial charge is 0.259 e. The monoisotopic (exact) mass is 1010 g/mol. The van der Waals surface area contributed by atoms with Crippen molar-refractivity contribution < 1.29 is 32.7 Å². The highest BCUT2D eigenvalue weighted by molar-refractivity contribution is 7.44. The van der Waals surface area contributed by atoms with Gasteiger partial charge in [0, 0.05) is 17.6 Å². The zero-order valence-corrected chi connectivity index (χ0v) is 47.7. The fourth-order valence-electron chi connectivity index (χ4n) is 10.5. The predicted octanol–water partition coefficient (Wildman–Crippen LogP) is 16.2. The van der Waals surface area contributed by atoms with Crippen molar-refractivity contribution in [3.8, 4) is 29.1 Å². The van der Waals surface area contributed by atoms with Crippen LogP contribution in [0, 0.1) is 49.9 Å². The van der Waals surface area contributed by atoms with E-state index < -0.39 is 20.2 Å². The number of hydrogen-bond donors (Lipinski definition) is 0. The summed E-state index contributed by atoms with van der Waals surface area (Å²) in [5.41, 5.74) is 6.02. The van der Waals surface area contributed by atoms with Gasteiger partial charge in [0.15, 0.2) is 0 Å². The van der Waals surface area contributed by atoms with E-state index in [4.69, 9.17) is 32.7 Å². The fraction of sp³-hybridized carbons (Fsp3) is 0.597. The van der Waals surface area contributed by atoms with Crippen LogP contribution >= 0.6 is 8.53 Å². The molecule has 396 valence electrons. The van der Waals surface area contributed by atoms with Crippen molar-refractivity contribution in [3.63, 3.8) is 0 Å². The standard InChI is InChI=1S/C62H91N2O7P/c1-44(2)22-18-23-47(7)24-19-25-48(8)26-20-38-61(12)39-37-58-51(11)59(49(9)50(10)60(58)70-61)67-42-57(71-72(69-41-21-40-63)64(45(3)4)46(5)6)43-68-62(52-27-16-15-17-28-52,53-29-33-55(65-13)34-30-53)54-31-35-56(66-14)36-32-54/h15-17,27-36,44-48,57H,18-26,37-39,41-43H2,1-14H3. The average Bonchev–Trinajstić information content (AvgIpc) is 3.36. The van der Waals surface area contributed by atoms with Crippen molar-refractivity contribution in [1.82, 2.24) is 4.67 Å². The molecule has 5 rings (SSSR count). The molecular weight excluding hydrogens is 916 g/mol. The first kappa shape index (κ1) is 58.7. The van der Waals surface area contributed by atoms with Gasteiger partial charge < -0.3 is 32.7 Å². The molecule has 10 heteroatoms. The van der Waals surface area contributed by atoms with Crippen LogP contribution in [-0.2, 0) is 25.8 Å². The second-order valence-electron chi connectivity index (χ2n) is 21.8. The maximum atomic E-state index is 9.56. The highest BCUT2D eigenvalue weighted by Crippen LogP contribution is 2.49. The van der Waals surface area contributed by atoms with Gasteiger partial charge in [0.1, 0.15) is 46.9 Å². The molecule has 0 amide bonds. The van der Waals surface area contributed by atoms with E-state index in [1.54, 1.807) is 14.2 Å². The SMILES string of the molecule is COc1ccc(C(OCC(COc2c(C)c(C)c3c(c2C)CCC(C)(CCCC(C)CCCC(C)CCCC(C)C)O3)OP(OCCC#N)N(C(C)C)C(C)C)(c2ccccc2)c2ccc(OC)cc2)cc1. The molecule has 1 aliphatic heterocycles. The van der Waals surface area contributed by atoms with Gasteiger partial charge in [-0.25, -0.2) is 4.67 Å². The van der Waals surface area contributed by atoms with Crippen molar-refractivity contribution in [2.45, 2.75) is 190 Å². The second-order valence-corrected chi connectivity index (χ2v) is 23.2. The molecule has 0 fully saturated rings. The van der Waals surface area contributed by atoms with Crippen molar-refractivity contribution >= 4 is 8.53 Å². The molecule has 5 atom stereocenters. The van der Waals surface area contributed by atoms with Crippen molar-refractivity contribution in [1.29, 1.82) is 5.26 Å². The number of ether oxygens (including phenoxy) is 5. The van der Waals surface area contributed by atoms with Crippen LogP contribution in [0.25, 0.3) is 0 Å². The molecule has 0 spiro atoms. The van der Waals surface area contributed by atoms with E-state index in [0.29, 0.717) is 0 Å². The quantitative estimate of drug-likeness (QED) is 0.0278. The summed E-state index contributed by atoms with van der Waals surface area (Å²) in [6.07, 6.45) is 13.1. The summed E-state index contributed by atoms with van der Waals surface area (Å²) in [5.74, 6) is 5.74. The van der Waals surface area contributed by atoms with E-state index in [9.17, 15) is 5.26 Å². The van der Waals surface area contributed by atoms with Crippen molar-refractivity contribution in [2.75, 3.05) is 34.0 Å². The first-order chi connectivity index (χ1) is 34.5. The molecule has 0 N–H and O–H groups in total. The third kappa shape index (κ3) is 15.9. The molecular formula is C62H91N2O7P. The van der Waals surface area contributed by atoms with Crippen LogP contribution in [0.4, 0.5) is 0 Å². The average molecular weight is 1010 g/mol. The van der Waals surface area contributed by atoms with Crippen LogP contribution in [0.5, 0.6) is 23.0 Å². The summed E-state index contributed by atoms with van der Waals surface area (Å²) in [6, 6.07) is 28.9. The number of hydrogen-bond acceptors (Lipinski definition) is 9. The third-order valence-corrected chi connectivity index (χ3v) is 17.0. The number of benzene rings is 4. The number of methoxy groups -OCH3 is 2. The minimum absolute atomic E-state index is 0.104. The van der Waals surface area contributed by atoms with E-state index in [1.165, 1.54) is 56.9 Å². The predicted molar refractivity (Wildman–Crippen MR) is 297 cm³/mol. The van der Waals surface area contributed by atoms with Gasteiger partial charge in [0.25, 0.3) is 8.53 Å². The van der Waals surface area contributed by atoms with Gasteiger partial charge in [-0.15, -0.1) is 0 Å². The lowest BCUT2D eigenvalue weighted by molar-refractivity contribution is -0.0452. The Labute approximate surface area is 437 Å². The molecule has 1 heterocycles. The Bertz CT molecular complexity index is 2200. The fourth-order valence-corrected chi connectivity index (χ4v) is 12.2. The molecule has 5 unspecified atom stereocenters. The molecule has 1 aliphatic rings. The molecule has 0 radical (unpaired) electrons. The lowest BCUT2D eigenvalue weighted by Crippen LogP contribution is -2.40. The van der Waals surface area contributed by atoms with E-state index in [-0.39, 0.29) is 43.9 Å². The van der Waals surface area contributed by atoms with Crippen molar-refractivity contribution in [2.24, 2.45) is 17.8 Å². The van der Waals surface area contributed by atoms with E-state index in [2.05, 4.69) is 130 Å². The van der Waals surface area contributed by atoms with E-state index in [1.807, 2.05) is 42.5 Å². The number of rotatable bonds is 31. The summed E-state index contributed by atoms with van der Waals surface area (Å²) < 4.78 is 48.8. The van der Waals surface area contributed by atoms with Crippen molar-refractivity contribution in [3.05, 3.63) is 118 Å². The molecule has 0 aromatic heterocycles. The molecule has 9 nitrogen and oxygen atoms in total. The lowest BCUT2D eigenvalue weighted by atomic mass is 9.80. The van der Waals surface area contributed by atoms with Gasteiger partial charge in [-0.05, 0) is 156 Å². The van der Waals surface area contributed by atoms with Gasteiger partial charge in [-0.3, -0.25) is 0 Å². The molecule has 0 saturated heterocycles. The highest BCUT2D eigenvalue weighted by Gasteiger charge is 2.41. The number of nitrogens with zero attached hydrogens (tertiary/aromatic N) is 2. The van der Waals surface area contributed by atoms with Crippen LogP contribution < -0.4 is 18.9 Å². The summed E-state index contributed by atoms with van der Waals surface area (Å²) >= 11 is 0. The van der Waals surface area contributed by atoms with Crippen LogP contribution in [0.3, 0.4) is 0 Å². The van der Waals surface area contributed by atoms with Crippen LogP contribution in [0.1, 0.15) is 172 Å². The molecule has 72 heavy (non-hydrogen) atoms. The molecule has 4 aromatic carbocycles.